The normalized spacial score (nSPS) is 20.2. The van der Waals surface area contributed by atoms with E-state index in [2.05, 4.69) is 5.32 Å². The number of aryl methyl sites for hydroxylation is 1. The summed E-state index contributed by atoms with van der Waals surface area (Å²) in [6, 6.07) is 13.6. The molecular weight excluding hydrogens is 480 g/mol. The van der Waals surface area contributed by atoms with Crippen molar-refractivity contribution in [2.75, 3.05) is 18.5 Å². The molecule has 0 aliphatic carbocycles. The number of anilines is 1. The van der Waals surface area contributed by atoms with E-state index >= 15 is 0 Å². The van der Waals surface area contributed by atoms with Crippen molar-refractivity contribution >= 4 is 51.7 Å². The highest BCUT2D eigenvalue weighted by atomic mass is 32.2. The standard InChI is InChI=1S/C26H26N4O3S2/c1-16-8-6-12-29-23(16)28-22(27-17(2)18-9-4-3-5-10-18)20(24(29)31)14-21-25(32)30(26(34)35-21)15-19-11-7-13-33-19/h3-6,8-10,12,14,17,19,27H,7,11,13,15H2,1-2H3/b21-14-. The Hall–Kier alpha value is -3.01. The van der Waals surface area contributed by atoms with Crippen LogP contribution in [0.1, 0.15) is 42.5 Å². The summed E-state index contributed by atoms with van der Waals surface area (Å²) in [7, 11) is 0. The molecule has 5 rings (SSSR count). The Bertz CT molecular complexity index is 1380. The zero-order valence-corrected chi connectivity index (χ0v) is 21.2. The summed E-state index contributed by atoms with van der Waals surface area (Å²) in [6.45, 7) is 5.08. The van der Waals surface area contributed by atoms with E-state index in [4.69, 9.17) is 21.9 Å². The Labute approximate surface area is 213 Å². The van der Waals surface area contributed by atoms with E-state index in [1.165, 1.54) is 16.2 Å². The summed E-state index contributed by atoms with van der Waals surface area (Å²) in [5, 5.41) is 3.40. The molecule has 0 bridgehead atoms. The van der Waals surface area contributed by atoms with Crippen molar-refractivity contribution in [3.8, 4) is 0 Å². The molecule has 7 nitrogen and oxygen atoms in total. The van der Waals surface area contributed by atoms with Crippen LogP contribution in [0.15, 0.2) is 58.4 Å². The highest BCUT2D eigenvalue weighted by molar-refractivity contribution is 8.26. The fraction of sp³-hybridized carbons (Fsp3) is 0.308. The molecule has 2 atom stereocenters. The summed E-state index contributed by atoms with van der Waals surface area (Å²) in [5.74, 6) is 0.233. The minimum absolute atomic E-state index is 0.00302. The number of fused-ring (bicyclic) bond motifs is 1. The SMILES string of the molecule is Cc1cccn2c(=O)c(/C=C3\SC(=S)N(CC4CCCO4)C3=O)c(NC(C)c3ccccc3)nc12. The molecule has 0 saturated carbocycles. The van der Waals surface area contributed by atoms with Crippen molar-refractivity contribution in [2.45, 2.75) is 38.8 Å². The second-order valence-electron chi connectivity index (χ2n) is 8.77. The van der Waals surface area contributed by atoms with Crippen molar-refractivity contribution < 1.29 is 9.53 Å². The number of thiocarbonyl (C=S) groups is 1. The van der Waals surface area contributed by atoms with Crippen LogP contribution in [-0.4, -0.2) is 43.8 Å². The van der Waals surface area contributed by atoms with Crippen LogP contribution in [0.5, 0.6) is 0 Å². The van der Waals surface area contributed by atoms with Crippen LogP contribution >= 0.6 is 24.0 Å². The predicted molar refractivity (Wildman–Crippen MR) is 144 cm³/mol. The molecule has 180 valence electrons. The van der Waals surface area contributed by atoms with E-state index in [9.17, 15) is 9.59 Å². The lowest BCUT2D eigenvalue weighted by molar-refractivity contribution is -0.123. The first-order chi connectivity index (χ1) is 16.9. The Morgan fingerprint density at radius 2 is 2.06 bits per heavy atom. The molecule has 1 N–H and O–H groups in total. The number of carbonyl (C=O) groups excluding carboxylic acids is 1. The smallest absolute Gasteiger partial charge is 0.267 e. The molecular formula is C26H26N4O3S2. The second-order valence-corrected chi connectivity index (χ2v) is 10.4. The van der Waals surface area contributed by atoms with Crippen LogP contribution in [0.4, 0.5) is 5.82 Å². The van der Waals surface area contributed by atoms with Gasteiger partial charge >= 0.3 is 0 Å². The molecule has 2 unspecified atom stereocenters. The predicted octanol–water partition coefficient (Wildman–Crippen LogP) is 4.56. The number of thioether (sulfide) groups is 1. The van der Waals surface area contributed by atoms with E-state index in [0.717, 1.165) is 24.0 Å². The van der Waals surface area contributed by atoms with Crippen molar-refractivity contribution in [3.05, 3.63) is 80.6 Å². The van der Waals surface area contributed by atoms with Gasteiger partial charge in [0.05, 0.1) is 23.1 Å². The molecule has 0 radical (unpaired) electrons. The van der Waals surface area contributed by atoms with E-state index in [-0.39, 0.29) is 23.6 Å². The van der Waals surface area contributed by atoms with Crippen LogP contribution < -0.4 is 10.9 Å². The molecule has 4 heterocycles. The van der Waals surface area contributed by atoms with Crippen LogP contribution in [0, 0.1) is 6.92 Å². The molecule has 2 saturated heterocycles. The molecule has 2 aliphatic heterocycles. The van der Waals surface area contributed by atoms with E-state index in [1.807, 2.05) is 56.3 Å². The highest BCUT2D eigenvalue weighted by Crippen LogP contribution is 2.34. The van der Waals surface area contributed by atoms with Gasteiger partial charge in [-0.25, -0.2) is 4.98 Å². The van der Waals surface area contributed by atoms with Crippen LogP contribution in [0.2, 0.25) is 0 Å². The number of pyridine rings is 1. The number of carbonyl (C=O) groups is 1. The van der Waals surface area contributed by atoms with E-state index < -0.39 is 0 Å². The van der Waals surface area contributed by atoms with Gasteiger partial charge in [0.25, 0.3) is 11.5 Å². The number of rotatable bonds is 6. The lowest BCUT2D eigenvalue weighted by Crippen LogP contribution is -2.35. The summed E-state index contributed by atoms with van der Waals surface area (Å²) < 4.78 is 7.69. The van der Waals surface area contributed by atoms with Crippen molar-refractivity contribution in [3.63, 3.8) is 0 Å². The summed E-state index contributed by atoms with van der Waals surface area (Å²) >= 11 is 6.71. The third-order valence-electron chi connectivity index (χ3n) is 6.30. The molecule has 35 heavy (non-hydrogen) atoms. The molecule has 9 heteroatoms. The van der Waals surface area contributed by atoms with Crippen molar-refractivity contribution in [1.82, 2.24) is 14.3 Å². The third-order valence-corrected chi connectivity index (χ3v) is 7.67. The number of hydrogen-bond acceptors (Lipinski definition) is 7. The lowest BCUT2D eigenvalue weighted by Gasteiger charge is -2.19. The Kier molecular flexibility index (Phi) is 6.73. The summed E-state index contributed by atoms with van der Waals surface area (Å²) in [6.07, 6.45) is 5.22. The van der Waals surface area contributed by atoms with Gasteiger partial charge in [-0.3, -0.25) is 18.9 Å². The minimum atomic E-state index is -0.245. The second kappa shape index (κ2) is 9.93. The topological polar surface area (TPSA) is 75.9 Å². The van der Waals surface area contributed by atoms with Gasteiger partial charge in [0.1, 0.15) is 15.8 Å². The average molecular weight is 507 g/mol. The Balaban J connectivity index is 1.55. The maximum Gasteiger partial charge on any atom is 0.267 e. The summed E-state index contributed by atoms with van der Waals surface area (Å²) in [4.78, 5) is 33.6. The monoisotopic (exact) mass is 506 g/mol. The van der Waals surface area contributed by atoms with Gasteiger partial charge in [-0.1, -0.05) is 60.4 Å². The first-order valence-corrected chi connectivity index (χ1v) is 12.9. The largest absolute Gasteiger partial charge is 0.376 e. The number of ether oxygens (including phenoxy) is 1. The van der Waals surface area contributed by atoms with Crippen molar-refractivity contribution in [2.24, 2.45) is 0 Å². The molecule has 0 spiro atoms. The fourth-order valence-corrected chi connectivity index (χ4v) is 5.62. The lowest BCUT2D eigenvalue weighted by atomic mass is 10.1. The van der Waals surface area contributed by atoms with E-state index in [1.54, 1.807) is 17.2 Å². The van der Waals surface area contributed by atoms with Gasteiger partial charge in [-0.15, -0.1) is 0 Å². The van der Waals surface area contributed by atoms with Gasteiger partial charge in [0, 0.05) is 18.8 Å². The maximum atomic E-state index is 13.6. The first kappa shape index (κ1) is 23.7. The molecule has 1 aromatic carbocycles. The number of amides is 1. The number of hydrogen-bond donors (Lipinski definition) is 1. The Morgan fingerprint density at radius 3 is 2.80 bits per heavy atom. The molecule has 2 fully saturated rings. The van der Waals surface area contributed by atoms with E-state index in [0.29, 0.717) is 39.4 Å². The highest BCUT2D eigenvalue weighted by Gasteiger charge is 2.35. The number of aromatic nitrogens is 2. The molecule has 3 aromatic rings. The minimum Gasteiger partial charge on any atom is -0.376 e. The average Bonchev–Trinajstić information content (AvgIpc) is 3.46. The summed E-state index contributed by atoms with van der Waals surface area (Å²) in [5.41, 5.74) is 2.60. The zero-order valence-electron chi connectivity index (χ0n) is 19.6. The molecule has 1 amide bonds. The number of benzene rings is 1. The number of nitrogens with one attached hydrogen (secondary N) is 1. The number of nitrogens with zero attached hydrogens (tertiary/aromatic N) is 3. The van der Waals surface area contributed by atoms with Crippen molar-refractivity contribution in [1.29, 1.82) is 0 Å². The van der Waals surface area contributed by atoms with Gasteiger partial charge < -0.3 is 10.1 Å². The quantitative estimate of drug-likeness (QED) is 0.388. The van der Waals surface area contributed by atoms with Gasteiger partial charge in [-0.05, 0) is 50.0 Å². The van der Waals surface area contributed by atoms with Crippen LogP contribution in [0.25, 0.3) is 11.7 Å². The third kappa shape index (κ3) is 4.76. The first-order valence-electron chi connectivity index (χ1n) is 11.6. The molecule has 2 aliphatic rings. The fourth-order valence-electron chi connectivity index (χ4n) is 4.36. The maximum absolute atomic E-state index is 13.6. The Morgan fingerprint density at radius 1 is 1.26 bits per heavy atom. The van der Waals surface area contributed by atoms with Gasteiger partial charge in [0.2, 0.25) is 0 Å². The van der Waals surface area contributed by atoms with Gasteiger partial charge in [-0.2, -0.15) is 0 Å². The molecule has 2 aromatic heterocycles. The van der Waals surface area contributed by atoms with Crippen LogP contribution in [-0.2, 0) is 9.53 Å². The van der Waals surface area contributed by atoms with Gasteiger partial charge in [0.15, 0.2) is 0 Å². The zero-order chi connectivity index (χ0) is 24.5. The van der Waals surface area contributed by atoms with Crippen LogP contribution in [0.3, 0.4) is 0 Å².